The van der Waals surface area contributed by atoms with Crippen LogP contribution in [0.3, 0.4) is 0 Å². The van der Waals surface area contributed by atoms with Gasteiger partial charge in [0.15, 0.2) is 0 Å². The predicted molar refractivity (Wildman–Crippen MR) is 165 cm³/mol. The molecule has 1 fully saturated rings. The Labute approximate surface area is 253 Å². The molecule has 1 N–H and O–H groups in total. The highest BCUT2D eigenvalue weighted by molar-refractivity contribution is 8.00. The Balaban J connectivity index is 1.41. The van der Waals surface area contributed by atoms with Crippen molar-refractivity contribution in [2.45, 2.75) is 22.7 Å². The second-order valence-electron chi connectivity index (χ2n) is 10.4. The molecule has 3 aromatic carbocycles. The quantitative estimate of drug-likeness (QED) is 0.185. The van der Waals surface area contributed by atoms with Crippen LogP contribution >= 0.6 is 23.1 Å². The van der Waals surface area contributed by atoms with Crippen molar-refractivity contribution in [1.82, 2.24) is 4.57 Å². The summed E-state index contributed by atoms with van der Waals surface area (Å²) >= 11 is 2.09. The van der Waals surface area contributed by atoms with Crippen molar-refractivity contribution in [2.24, 2.45) is 5.92 Å². The van der Waals surface area contributed by atoms with Crippen LogP contribution in [-0.2, 0) is 20.9 Å². The van der Waals surface area contributed by atoms with Crippen molar-refractivity contribution < 1.29 is 19.3 Å². The summed E-state index contributed by atoms with van der Waals surface area (Å²) in [4.78, 5) is 68.1. The number of benzene rings is 3. The van der Waals surface area contributed by atoms with Gasteiger partial charge in [-0.3, -0.25) is 33.9 Å². The number of carbonyl (C=O) groups excluding carboxylic acids is 3. The van der Waals surface area contributed by atoms with E-state index >= 15 is 0 Å². The first-order valence-corrected chi connectivity index (χ1v) is 15.0. The third kappa shape index (κ3) is 5.10. The number of fused-ring (bicyclic) bond motifs is 2. The van der Waals surface area contributed by atoms with E-state index in [0.29, 0.717) is 15.6 Å². The van der Waals surface area contributed by atoms with Gasteiger partial charge in [-0.25, -0.2) is 4.90 Å². The number of amides is 3. The van der Waals surface area contributed by atoms with Crippen molar-refractivity contribution in [2.75, 3.05) is 29.2 Å². The van der Waals surface area contributed by atoms with Crippen LogP contribution in [0.5, 0.6) is 0 Å². The van der Waals surface area contributed by atoms with Crippen LogP contribution < -0.4 is 20.0 Å². The Kier molecular flexibility index (Phi) is 7.36. The first kappa shape index (κ1) is 28.4. The van der Waals surface area contributed by atoms with Crippen molar-refractivity contribution in [3.8, 4) is 0 Å². The van der Waals surface area contributed by atoms with Crippen LogP contribution in [0.15, 0.2) is 88.7 Å². The molecule has 2 aliphatic rings. The zero-order chi connectivity index (χ0) is 30.4. The van der Waals surface area contributed by atoms with Crippen molar-refractivity contribution in [3.05, 3.63) is 109 Å². The summed E-state index contributed by atoms with van der Waals surface area (Å²) < 4.78 is 1.37. The zero-order valence-corrected chi connectivity index (χ0v) is 24.6. The van der Waals surface area contributed by atoms with E-state index in [9.17, 15) is 29.3 Å². The molecule has 3 atom stereocenters. The molecule has 0 radical (unpaired) electrons. The number of thiazole rings is 1. The maximum Gasteiger partial charge on any atom is 0.308 e. The van der Waals surface area contributed by atoms with Gasteiger partial charge in [-0.15, -0.1) is 0 Å². The van der Waals surface area contributed by atoms with E-state index in [0.717, 1.165) is 39.2 Å². The number of nitro benzene ring substituents is 1. The second-order valence-corrected chi connectivity index (χ2v) is 12.5. The fourth-order valence-corrected chi connectivity index (χ4v) is 8.21. The second kappa shape index (κ2) is 11.2. The molecule has 0 saturated carbocycles. The summed E-state index contributed by atoms with van der Waals surface area (Å²) in [5.74, 6) is -2.76. The molecule has 1 saturated heterocycles. The Morgan fingerprint density at radius 2 is 1.63 bits per heavy atom. The first-order valence-electron chi connectivity index (χ1n) is 13.3. The van der Waals surface area contributed by atoms with Crippen LogP contribution in [0.4, 0.5) is 22.7 Å². The van der Waals surface area contributed by atoms with Crippen molar-refractivity contribution >= 4 is 63.6 Å². The lowest BCUT2D eigenvalue weighted by molar-refractivity contribution is -0.384. The van der Waals surface area contributed by atoms with Gasteiger partial charge in [0.1, 0.15) is 11.8 Å². The van der Waals surface area contributed by atoms with Crippen LogP contribution in [-0.4, -0.2) is 46.6 Å². The molecule has 2 unspecified atom stereocenters. The van der Waals surface area contributed by atoms with E-state index < -0.39 is 39.7 Å². The van der Waals surface area contributed by atoms with Crippen LogP contribution in [0, 0.1) is 16.0 Å². The monoisotopic (exact) mass is 615 g/mol. The number of hydrogen-bond donors (Lipinski definition) is 1. The molecule has 4 aromatic rings. The summed E-state index contributed by atoms with van der Waals surface area (Å²) in [7, 11) is 3.82. The summed E-state index contributed by atoms with van der Waals surface area (Å²) in [6.45, 7) is -0.259. The highest BCUT2D eigenvalue weighted by Gasteiger charge is 2.56. The SMILES string of the molecule is CN(C)c1ccc([C@H]2c3sc(=O)n(CC(=O)Nc4ccccc4)c3SC3C(=O)N(c4ccc([N+](=O)[O-])cc4)C(=O)C32)cc1. The number of rotatable bonds is 7. The van der Waals surface area contributed by atoms with E-state index in [1.54, 1.807) is 24.3 Å². The topological polar surface area (TPSA) is 135 Å². The Morgan fingerprint density at radius 1 is 0.953 bits per heavy atom. The molecule has 3 amide bonds. The maximum absolute atomic E-state index is 14.0. The molecular weight excluding hydrogens is 590 g/mol. The highest BCUT2D eigenvalue weighted by atomic mass is 32.2. The third-order valence-corrected chi connectivity index (χ3v) is 10.1. The number of imide groups is 1. The van der Waals surface area contributed by atoms with Crippen molar-refractivity contribution in [1.29, 1.82) is 0 Å². The molecule has 43 heavy (non-hydrogen) atoms. The molecule has 0 aliphatic carbocycles. The minimum Gasteiger partial charge on any atom is -0.378 e. The van der Waals surface area contributed by atoms with Gasteiger partial charge in [0.05, 0.1) is 21.6 Å². The minimum atomic E-state index is -0.869. The van der Waals surface area contributed by atoms with Gasteiger partial charge >= 0.3 is 4.87 Å². The highest BCUT2D eigenvalue weighted by Crippen LogP contribution is 2.54. The summed E-state index contributed by atoms with van der Waals surface area (Å²) in [5, 5.41) is 13.6. The van der Waals surface area contributed by atoms with E-state index in [2.05, 4.69) is 5.32 Å². The maximum atomic E-state index is 14.0. The Hall–Kier alpha value is -4.75. The number of nitrogens with zero attached hydrogens (tertiary/aromatic N) is 4. The third-order valence-electron chi connectivity index (χ3n) is 7.50. The number of carbonyl (C=O) groups is 3. The molecule has 6 rings (SSSR count). The summed E-state index contributed by atoms with van der Waals surface area (Å²) in [6, 6.07) is 21.8. The number of aromatic nitrogens is 1. The standard InChI is InChI=1S/C30H25N5O6S2/c1-32(2)19-10-8-17(9-11-19)23-24-25(28(38)34(27(24)37)20-12-14-21(15-13-20)35(40)41)42-29-26(23)43-30(39)33(29)16-22(36)31-18-6-4-3-5-7-18/h3-15,23-25H,16H2,1-2H3,(H,31,36)/t23-,24?,25?/m1/s1. The van der Waals surface area contributed by atoms with Crippen LogP contribution in [0.1, 0.15) is 16.4 Å². The van der Waals surface area contributed by atoms with Crippen LogP contribution in [0.25, 0.3) is 0 Å². The van der Waals surface area contributed by atoms with Gasteiger partial charge < -0.3 is 10.2 Å². The Morgan fingerprint density at radius 3 is 2.26 bits per heavy atom. The van der Waals surface area contributed by atoms with Gasteiger partial charge in [0.25, 0.3) is 5.69 Å². The van der Waals surface area contributed by atoms with Gasteiger partial charge in [-0.1, -0.05) is 53.4 Å². The van der Waals surface area contributed by atoms with E-state index in [-0.39, 0.29) is 22.8 Å². The van der Waals surface area contributed by atoms with Gasteiger partial charge in [-0.05, 0) is 42.0 Å². The number of hydrogen-bond acceptors (Lipinski definition) is 9. The largest absolute Gasteiger partial charge is 0.378 e. The smallest absolute Gasteiger partial charge is 0.308 e. The molecule has 3 heterocycles. The number of para-hydroxylation sites is 1. The number of nitrogens with one attached hydrogen (secondary N) is 1. The van der Waals surface area contributed by atoms with E-state index in [4.69, 9.17) is 0 Å². The van der Waals surface area contributed by atoms with Crippen molar-refractivity contribution in [3.63, 3.8) is 0 Å². The molecule has 218 valence electrons. The molecular formula is C30H25N5O6S2. The number of anilines is 3. The molecule has 1 aromatic heterocycles. The number of thioether (sulfide) groups is 1. The molecule has 11 nitrogen and oxygen atoms in total. The number of non-ortho nitro benzene ring substituents is 1. The molecule has 2 aliphatic heterocycles. The average Bonchev–Trinajstić information content (AvgIpc) is 3.43. The summed E-state index contributed by atoms with van der Waals surface area (Å²) in [5.41, 5.74) is 2.37. The van der Waals surface area contributed by atoms with Gasteiger partial charge in [0.2, 0.25) is 17.7 Å². The fraction of sp³-hybridized carbons (Fsp3) is 0.200. The summed E-state index contributed by atoms with van der Waals surface area (Å²) in [6.07, 6.45) is 0. The van der Waals surface area contributed by atoms with Gasteiger partial charge in [0, 0.05) is 48.4 Å². The molecule has 0 spiro atoms. The lowest BCUT2D eigenvalue weighted by Gasteiger charge is -2.31. The minimum absolute atomic E-state index is 0.159. The van der Waals surface area contributed by atoms with E-state index in [1.807, 2.05) is 49.3 Å². The normalized spacial score (nSPS) is 19.1. The molecule has 13 heteroatoms. The Bertz CT molecular complexity index is 1800. The predicted octanol–water partition coefficient (Wildman–Crippen LogP) is 4.32. The lowest BCUT2D eigenvalue weighted by atomic mass is 9.83. The average molecular weight is 616 g/mol. The van der Waals surface area contributed by atoms with E-state index in [1.165, 1.54) is 28.8 Å². The lowest BCUT2D eigenvalue weighted by Crippen LogP contribution is -2.33. The first-order chi connectivity index (χ1) is 20.6. The molecule has 0 bridgehead atoms. The van der Waals surface area contributed by atoms with Crippen LogP contribution in [0.2, 0.25) is 0 Å². The zero-order valence-electron chi connectivity index (χ0n) is 23.0. The number of nitro groups is 1. The van der Waals surface area contributed by atoms with Gasteiger partial charge in [-0.2, -0.15) is 0 Å². The fourth-order valence-electron chi connectivity index (χ4n) is 5.44.